The predicted octanol–water partition coefficient (Wildman–Crippen LogP) is 4.01. The van der Waals surface area contributed by atoms with Gasteiger partial charge in [-0.15, -0.1) is 0 Å². The van der Waals surface area contributed by atoms with Crippen LogP contribution in [0.1, 0.15) is 45.4 Å². The Morgan fingerprint density at radius 3 is 2.71 bits per heavy atom. The van der Waals surface area contributed by atoms with E-state index in [1.807, 2.05) is 0 Å². The van der Waals surface area contributed by atoms with E-state index in [0.717, 1.165) is 16.9 Å². The van der Waals surface area contributed by atoms with Crippen LogP contribution in [0.4, 0.5) is 0 Å². The molecule has 0 saturated heterocycles. The molecule has 2 heteroatoms. The summed E-state index contributed by atoms with van der Waals surface area (Å²) in [6.45, 7) is 2.41. The van der Waals surface area contributed by atoms with E-state index in [4.69, 9.17) is 0 Å². The lowest BCUT2D eigenvalue weighted by Gasteiger charge is -2.27. The molecule has 2 unspecified atom stereocenters. The van der Waals surface area contributed by atoms with Gasteiger partial charge < -0.3 is 0 Å². The highest BCUT2D eigenvalue weighted by molar-refractivity contribution is 8.00. The van der Waals surface area contributed by atoms with Gasteiger partial charge in [-0.25, -0.2) is 0 Å². The van der Waals surface area contributed by atoms with Crippen LogP contribution in [0, 0.1) is 11.3 Å². The van der Waals surface area contributed by atoms with Gasteiger partial charge in [0.05, 0.1) is 0 Å². The van der Waals surface area contributed by atoms with Gasteiger partial charge in [-0.3, -0.25) is 0 Å². The zero-order valence-electron chi connectivity index (χ0n) is 9.17. The monoisotopic (exact) mass is 230 g/mol. The lowest BCUT2D eigenvalue weighted by atomic mass is 9.91. The maximum absolute atomic E-state index is 4.47. The Morgan fingerprint density at radius 1 is 1.36 bits per heavy atom. The fourth-order valence-electron chi connectivity index (χ4n) is 2.35. The van der Waals surface area contributed by atoms with Crippen molar-refractivity contribution in [1.29, 1.82) is 0 Å². The van der Waals surface area contributed by atoms with Crippen LogP contribution < -0.4 is 0 Å². The van der Waals surface area contributed by atoms with Crippen molar-refractivity contribution < 1.29 is 0 Å². The van der Waals surface area contributed by atoms with E-state index in [1.54, 1.807) is 0 Å². The van der Waals surface area contributed by atoms with Crippen molar-refractivity contribution in [3.05, 3.63) is 0 Å². The minimum atomic E-state index is 0.661. The third-order valence-corrected chi connectivity index (χ3v) is 6.16. The SMILES string of the molecule is CC1CCCC(SCC2(CS)CC2)C1. The lowest BCUT2D eigenvalue weighted by molar-refractivity contribution is 0.393. The topological polar surface area (TPSA) is 0 Å². The van der Waals surface area contributed by atoms with Gasteiger partial charge in [0.25, 0.3) is 0 Å². The van der Waals surface area contributed by atoms with E-state index in [2.05, 4.69) is 31.3 Å². The van der Waals surface area contributed by atoms with Crippen molar-refractivity contribution in [2.75, 3.05) is 11.5 Å². The molecule has 0 radical (unpaired) electrons. The highest BCUT2D eigenvalue weighted by Crippen LogP contribution is 2.50. The molecule has 14 heavy (non-hydrogen) atoms. The Morgan fingerprint density at radius 2 is 2.14 bits per heavy atom. The molecule has 0 heterocycles. The first-order valence-corrected chi connectivity index (χ1v) is 7.65. The zero-order valence-corrected chi connectivity index (χ0v) is 10.9. The zero-order chi connectivity index (χ0) is 10.0. The molecule has 0 aliphatic heterocycles. The first-order chi connectivity index (χ1) is 6.74. The van der Waals surface area contributed by atoms with Crippen molar-refractivity contribution >= 4 is 24.4 Å². The molecule has 0 N–H and O–H groups in total. The van der Waals surface area contributed by atoms with Crippen LogP contribution in [0.15, 0.2) is 0 Å². The second-order valence-corrected chi connectivity index (χ2v) is 6.97. The van der Waals surface area contributed by atoms with Crippen LogP contribution in [-0.2, 0) is 0 Å². The summed E-state index contributed by atoms with van der Waals surface area (Å²) in [4.78, 5) is 0. The summed E-state index contributed by atoms with van der Waals surface area (Å²) in [7, 11) is 0. The van der Waals surface area contributed by atoms with Gasteiger partial charge in [0.15, 0.2) is 0 Å². The Labute approximate surface area is 98.0 Å². The van der Waals surface area contributed by atoms with Gasteiger partial charge in [0.1, 0.15) is 0 Å². The number of thioether (sulfide) groups is 1. The third kappa shape index (κ3) is 2.85. The number of thiol groups is 1. The fourth-order valence-corrected chi connectivity index (χ4v) is 4.71. The van der Waals surface area contributed by atoms with Gasteiger partial charge >= 0.3 is 0 Å². The molecule has 2 fully saturated rings. The fraction of sp³-hybridized carbons (Fsp3) is 1.00. The Bertz CT molecular complexity index is 187. The molecule has 2 atom stereocenters. The van der Waals surface area contributed by atoms with Crippen LogP contribution in [-0.4, -0.2) is 16.8 Å². The summed E-state index contributed by atoms with van der Waals surface area (Å²) in [6, 6.07) is 0. The standard InChI is InChI=1S/C12H22S2/c1-10-3-2-4-11(7-10)14-9-12(8-13)5-6-12/h10-11,13H,2-9H2,1H3. The predicted molar refractivity (Wildman–Crippen MR) is 69.4 cm³/mol. The highest BCUT2D eigenvalue weighted by atomic mass is 32.2. The summed E-state index contributed by atoms with van der Waals surface area (Å²) in [5.74, 6) is 3.48. The second kappa shape index (κ2) is 4.69. The molecule has 0 aromatic heterocycles. The average molecular weight is 230 g/mol. The van der Waals surface area contributed by atoms with Gasteiger partial charge in [-0.1, -0.05) is 19.8 Å². The van der Waals surface area contributed by atoms with Crippen molar-refractivity contribution in [1.82, 2.24) is 0 Å². The van der Waals surface area contributed by atoms with Gasteiger partial charge in [-0.05, 0) is 48.5 Å². The minimum absolute atomic E-state index is 0.661. The minimum Gasteiger partial charge on any atom is -0.179 e. The quantitative estimate of drug-likeness (QED) is 0.712. The molecular weight excluding hydrogens is 208 g/mol. The average Bonchev–Trinajstić information content (AvgIpc) is 2.96. The van der Waals surface area contributed by atoms with Crippen molar-refractivity contribution in [2.45, 2.75) is 50.7 Å². The maximum Gasteiger partial charge on any atom is 0.00498 e. The van der Waals surface area contributed by atoms with Crippen LogP contribution in [0.3, 0.4) is 0 Å². The molecule has 82 valence electrons. The Hall–Kier alpha value is 0.700. The highest BCUT2D eigenvalue weighted by Gasteiger charge is 2.41. The Kier molecular flexibility index (Phi) is 3.75. The summed E-state index contributed by atoms with van der Waals surface area (Å²) >= 11 is 6.71. The molecule has 2 saturated carbocycles. The molecule has 0 bridgehead atoms. The van der Waals surface area contributed by atoms with Crippen LogP contribution in [0.25, 0.3) is 0 Å². The molecule has 0 nitrogen and oxygen atoms in total. The van der Waals surface area contributed by atoms with E-state index in [1.165, 1.54) is 44.3 Å². The molecule has 0 spiro atoms. The summed E-state index contributed by atoms with van der Waals surface area (Å²) in [5, 5.41) is 0.969. The lowest BCUT2D eigenvalue weighted by Crippen LogP contribution is -2.18. The van der Waals surface area contributed by atoms with Gasteiger partial charge in [-0.2, -0.15) is 24.4 Å². The van der Waals surface area contributed by atoms with E-state index < -0.39 is 0 Å². The Balaban J connectivity index is 1.69. The molecule has 2 rings (SSSR count). The second-order valence-electron chi connectivity index (χ2n) is 5.36. The maximum atomic E-state index is 4.47. The third-order valence-electron chi connectivity index (χ3n) is 3.81. The largest absolute Gasteiger partial charge is 0.179 e. The molecule has 2 aliphatic carbocycles. The number of hydrogen-bond donors (Lipinski definition) is 1. The summed E-state index contributed by atoms with van der Waals surface area (Å²) < 4.78 is 0. The van der Waals surface area contributed by atoms with Gasteiger partial charge in [0.2, 0.25) is 0 Å². The molecule has 2 aliphatic rings. The van der Waals surface area contributed by atoms with Crippen molar-refractivity contribution in [3.63, 3.8) is 0 Å². The van der Waals surface area contributed by atoms with Crippen LogP contribution in [0.2, 0.25) is 0 Å². The first-order valence-electron chi connectivity index (χ1n) is 5.97. The van der Waals surface area contributed by atoms with Crippen molar-refractivity contribution in [3.8, 4) is 0 Å². The summed E-state index contributed by atoms with van der Waals surface area (Å²) in [5.41, 5.74) is 0.661. The van der Waals surface area contributed by atoms with E-state index in [-0.39, 0.29) is 0 Å². The van der Waals surface area contributed by atoms with Gasteiger partial charge in [0, 0.05) is 5.25 Å². The summed E-state index contributed by atoms with van der Waals surface area (Å²) in [6.07, 6.45) is 8.74. The number of rotatable bonds is 4. The van der Waals surface area contributed by atoms with E-state index in [0.29, 0.717) is 5.41 Å². The molecule has 0 aromatic carbocycles. The normalized spacial score (nSPS) is 35.6. The van der Waals surface area contributed by atoms with Crippen LogP contribution >= 0.6 is 24.4 Å². The molecule has 0 aromatic rings. The molecule has 0 amide bonds. The van der Waals surface area contributed by atoms with Crippen molar-refractivity contribution in [2.24, 2.45) is 11.3 Å². The van der Waals surface area contributed by atoms with E-state index in [9.17, 15) is 0 Å². The van der Waals surface area contributed by atoms with Crippen LogP contribution in [0.5, 0.6) is 0 Å². The number of hydrogen-bond acceptors (Lipinski definition) is 2. The van der Waals surface area contributed by atoms with E-state index >= 15 is 0 Å². The molecular formula is C12H22S2. The smallest absolute Gasteiger partial charge is 0.00498 e. The first kappa shape index (κ1) is 11.2.